The molecule has 94 valence electrons. The number of rotatable bonds is 3. The smallest absolute Gasteiger partial charge is 0.0762 e. The van der Waals surface area contributed by atoms with Gasteiger partial charge in [-0.05, 0) is 64.8 Å². The second-order valence-electron chi connectivity index (χ2n) is 3.92. The summed E-state index contributed by atoms with van der Waals surface area (Å²) in [5.74, 6) is 0. The van der Waals surface area contributed by atoms with Crippen LogP contribution in [0.5, 0.6) is 0 Å². The van der Waals surface area contributed by atoms with E-state index in [1.807, 2.05) is 30.3 Å². The van der Waals surface area contributed by atoms with E-state index >= 15 is 0 Å². The van der Waals surface area contributed by atoms with E-state index in [-0.39, 0.29) is 0 Å². The Bertz CT molecular complexity index is 538. The molecule has 18 heavy (non-hydrogen) atoms. The Labute approximate surface area is 128 Å². The van der Waals surface area contributed by atoms with E-state index in [4.69, 9.17) is 0 Å². The van der Waals surface area contributed by atoms with Crippen molar-refractivity contribution in [3.8, 4) is 0 Å². The molecule has 0 spiro atoms. The summed E-state index contributed by atoms with van der Waals surface area (Å²) in [6, 6.07) is 14.1. The molecule has 0 fully saturated rings. The highest BCUT2D eigenvalue weighted by Crippen LogP contribution is 2.35. The molecule has 0 bridgehead atoms. The highest BCUT2D eigenvalue weighted by molar-refractivity contribution is 9.10. The van der Waals surface area contributed by atoms with E-state index in [1.165, 1.54) is 4.90 Å². The molecule has 0 aliphatic heterocycles. The van der Waals surface area contributed by atoms with Crippen molar-refractivity contribution in [3.05, 3.63) is 57.0 Å². The van der Waals surface area contributed by atoms with Crippen molar-refractivity contribution in [3.63, 3.8) is 0 Å². The first kappa shape index (κ1) is 14.1. The molecule has 0 amide bonds. The quantitative estimate of drug-likeness (QED) is 0.758. The van der Waals surface area contributed by atoms with Gasteiger partial charge in [-0.3, -0.25) is 0 Å². The predicted molar refractivity (Wildman–Crippen MR) is 83.0 cm³/mol. The van der Waals surface area contributed by atoms with Gasteiger partial charge in [-0.25, -0.2) is 0 Å². The van der Waals surface area contributed by atoms with Gasteiger partial charge in [-0.2, -0.15) is 0 Å². The van der Waals surface area contributed by atoms with Crippen molar-refractivity contribution in [1.82, 2.24) is 0 Å². The van der Waals surface area contributed by atoms with Crippen LogP contribution in [0.3, 0.4) is 0 Å². The summed E-state index contributed by atoms with van der Waals surface area (Å²) in [4.78, 5) is 2.32. The maximum atomic E-state index is 9.53. The molecular formula is C14H12Br2OS. The van der Waals surface area contributed by atoms with Gasteiger partial charge < -0.3 is 5.11 Å². The van der Waals surface area contributed by atoms with Crippen LogP contribution in [0.1, 0.15) is 18.6 Å². The van der Waals surface area contributed by atoms with Crippen LogP contribution in [0.2, 0.25) is 0 Å². The Kier molecular flexibility index (Phi) is 4.90. The van der Waals surface area contributed by atoms with E-state index in [2.05, 4.69) is 44.0 Å². The van der Waals surface area contributed by atoms with Gasteiger partial charge in [0.1, 0.15) is 0 Å². The summed E-state index contributed by atoms with van der Waals surface area (Å²) in [6.07, 6.45) is -0.437. The van der Waals surface area contributed by atoms with E-state index in [9.17, 15) is 5.11 Å². The summed E-state index contributed by atoms with van der Waals surface area (Å²) < 4.78 is 2.09. The number of hydrogen-bond acceptors (Lipinski definition) is 2. The maximum Gasteiger partial charge on any atom is 0.0762 e. The molecule has 0 saturated heterocycles. The molecule has 2 rings (SSSR count). The third-order valence-corrected chi connectivity index (χ3v) is 5.01. The van der Waals surface area contributed by atoms with Gasteiger partial charge >= 0.3 is 0 Å². The molecule has 1 atom stereocenters. The van der Waals surface area contributed by atoms with Crippen LogP contribution >= 0.6 is 43.6 Å². The monoisotopic (exact) mass is 386 g/mol. The lowest BCUT2D eigenvalue weighted by atomic mass is 10.1. The molecular weight excluding hydrogens is 376 g/mol. The lowest BCUT2D eigenvalue weighted by molar-refractivity contribution is 0.199. The van der Waals surface area contributed by atoms with Crippen molar-refractivity contribution < 1.29 is 5.11 Å². The first-order chi connectivity index (χ1) is 8.56. The minimum absolute atomic E-state index is 0.437. The Morgan fingerprint density at radius 3 is 2.28 bits per heavy atom. The van der Waals surface area contributed by atoms with Crippen LogP contribution in [-0.4, -0.2) is 5.11 Å². The normalized spacial score (nSPS) is 12.4. The van der Waals surface area contributed by atoms with Crippen molar-refractivity contribution >= 4 is 43.6 Å². The molecule has 0 aliphatic rings. The molecule has 1 N–H and O–H groups in total. The number of benzene rings is 2. The average molecular weight is 388 g/mol. The Morgan fingerprint density at radius 1 is 1.06 bits per heavy atom. The molecule has 0 aromatic heterocycles. The Balaban J connectivity index is 2.22. The number of aliphatic hydroxyl groups excluding tert-OH is 1. The first-order valence-electron chi connectivity index (χ1n) is 5.47. The summed E-state index contributed by atoms with van der Waals surface area (Å²) in [5, 5.41) is 9.53. The van der Waals surface area contributed by atoms with Crippen molar-refractivity contribution in [1.29, 1.82) is 0 Å². The van der Waals surface area contributed by atoms with Crippen LogP contribution in [0.4, 0.5) is 0 Å². The van der Waals surface area contributed by atoms with Crippen LogP contribution in [0.15, 0.2) is 61.2 Å². The standard InChI is InChI=1S/C14H12Br2OS/c1-9(17)10-2-7-14(13(16)8-10)18-12-5-3-11(15)4-6-12/h2-9,17H,1H3. The third-order valence-electron chi connectivity index (χ3n) is 2.48. The number of hydrogen-bond donors (Lipinski definition) is 1. The fourth-order valence-corrected chi connectivity index (χ4v) is 3.21. The Morgan fingerprint density at radius 2 is 1.72 bits per heavy atom. The zero-order chi connectivity index (χ0) is 13.1. The highest BCUT2D eigenvalue weighted by atomic mass is 79.9. The summed E-state index contributed by atoms with van der Waals surface area (Å²) in [7, 11) is 0. The molecule has 1 nitrogen and oxygen atoms in total. The number of aliphatic hydroxyl groups is 1. The Hall–Kier alpha value is -0.290. The topological polar surface area (TPSA) is 20.2 Å². The average Bonchev–Trinajstić information content (AvgIpc) is 2.34. The van der Waals surface area contributed by atoms with Gasteiger partial charge in [0.2, 0.25) is 0 Å². The highest BCUT2D eigenvalue weighted by Gasteiger charge is 2.06. The lowest BCUT2D eigenvalue weighted by Gasteiger charge is -2.09. The van der Waals surface area contributed by atoms with Gasteiger partial charge in [0.25, 0.3) is 0 Å². The van der Waals surface area contributed by atoms with Crippen LogP contribution in [0, 0.1) is 0 Å². The second-order valence-corrected chi connectivity index (χ2v) is 6.81. The summed E-state index contributed by atoms with van der Waals surface area (Å²) in [6.45, 7) is 1.77. The van der Waals surface area contributed by atoms with Crippen molar-refractivity contribution in [2.45, 2.75) is 22.8 Å². The maximum absolute atomic E-state index is 9.53. The molecule has 0 heterocycles. The predicted octanol–water partition coefficient (Wildman–Crippen LogP) is 5.42. The van der Waals surface area contributed by atoms with Gasteiger partial charge in [0.05, 0.1) is 6.10 Å². The van der Waals surface area contributed by atoms with E-state index in [1.54, 1.807) is 18.7 Å². The van der Waals surface area contributed by atoms with Crippen molar-refractivity contribution in [2.24, 2.45) is 0 Å². The number of halogens is 2. The first-order valence-corrected chi connectivity index (χ1v) is 7.87. The second kappa shape index (κ2) is 6.24. The van der Waals surface area contributed by atoms with Crippen LogP contribution < -0.4 is 0 Å². The van der Waals surface area contributed by atoms with Crippen molar-refractivity contribution in [2.75, 3.05) is 0 Å². The molecule has 1 unspecified atom stereocenters. The molecule has 0 aliphatic carbocycles. The largest absolute Gasteiger partial charge is 0.389 e. The van der Waals surface area contributed by atoms with Gasteiger partial charge in [-0.15, -0.1) is 0 Å². The minimum Gasteiger partial charge on any atom is -0.389 e. The molecule has 2 aromatic rings. The van der Waals surface area contributed by atoms with E-state index in [0.29, 0.717) is 0 Å². The van der Waals surface area contributed by atoms with Gasteiger partial charge in [0.15, 0.2) is 0 Å². The zero-order valence-electron chi connectivity index (χ0n) is 9.73. The van der Waals surface area contributed by atoms with Crippen LogP contribution in [-0.2, 0) is 0 Å². The summed E-state index contributed by atoms with van der Waals surface area (Å²) >= 11 is 8.66. The fourth-order valence-electron chi connectivity index (χ4n) is 1.49. The molecule has 0 radical (unpaired) electrons. The van der Waals surface area contributed by atoms with E-state index < -0.39 is 6.10 Å². The lowest BCUT2D eigenvalue weighted by Crippen LogP contribution is -1.90. The zero-order valence-corrected chi connectivity index (χ0v) is 13.7. The van der Waals surface area contributed by atoms with Gasteiger partial charge in [0, 0.05) is 18.7 Å². The third kappa shape index (κ3) is 3.60. The SMILES string of the molecule is CC(O)c1ccc(Sc2ccc(Br)cc2)c(Br)c1. The molecule has 2 aromatic carbocycles. The minimum atomic E-state index is -0.437. The van der Waals surface area contributed by atoms with Gasteiger partial charge in [-0.1, -0.05) is 33.8 Å². The fraction of sp³-hybridized carbons (Fsp3) is 0.143. The summed E-state index contributed by atoms with van der Waals surface area (Å²) in [5.41, 5.74) is 0.919. The molecule has 4 heteroatoms. The van der Waals surface area contributed by atoms with E-state index in [0.717, 1.165) is 19.4 Å². The van der Waals surface area contributed by atoms with Crippen LogP contribution in [0.25, 0.3) is 0 Å². The molecule has 0 saturated carbocycles.